The van der Waals surface area contributed by atoms with Crippen LogP contribution in [0.4, 0.5) is 19.2 Å². The van der Waals surface area contributed by atoms with Gasteiger partial charge in [-0.1, -0.05) is 0 Å². The summed E-state index contributed by atoms with van der Waals surface area (Å²) in [6.07, 6.45) is -2.68. The third-order valence-corrected chi connectivity index (χ3v) is 4.80. The van der Waals surface area contributed by atoms with Crippen LogP contribution >= 0.6 is 0 Å². The number of rotatable bonds is 2. The predicted molar refractivity (Wildman–Crippen MR) is 72.3 cm³/mol. The van der Waals surface area contributed by atoms with Crippen molar-refractivity contribution in [3.05, 3.63) is 12.0 Å². The van der Waals surface area contributed by atoms with Crippen molar-refractivity contribution in [1.82, 2.24) is 4.98 Å². The van der Waals surface area contributed by atoms with Crippen LogP contribution < -0.4 is 4.90 Å². The molecule has 3 rings (SSSR count). The summed E-state index contributed by atoms with van der Waals surface area (Å²) in [4.78, 5) is 16.3. The van der Waals surface area contributed by atoms with E-state index in [1.165, 1.54) is 0 Å². The topological polar surface area (TPSA) is 75.8 Å². The fourth-order valence-electron chi connectivity index (χ4n) is 3.63. The second-order valence-corrected chi connectivity index (χ2v) is 6.10. The number of nitrogens with zero attached hydrogens (tertiary/aromatic N) is 2. The van der Waals surface area contributed by atoms with Crippen molar-refractivity contribution in [1.29, 1.82) is 0 Å². The van der Waals surface area contributed by atoms with E-state index in [2.05, 4.69) is 4.98 Å². The Bertz CT molecular complexity index is 581. The lowest BCUT2D eigenvalue weighted by Crippen LogP contribution is -2.55. The van der Waals surface area contributed by atoms with Crippen molar-refractivity contribution >= 4 is 12.0 Å². The minimum absolute atomic E-state index is 0.0612. The van der Waals surface area contributed by atoms with Gasteiger partial charge in [0.1, 0.15) is 6.26 Å². The Hall–Kier alpha value is -1.77. The molecule has 0 saturated carbocycles. The Morgan fingerprint density at radius 2 is 2.09 bits per heavy atom. The highest BCUT2D eigenvalue weighted by Crippen LogP contribution is 2.51. The third-order valence-electron chi connectivity index (χ3n) is 4.80. The molecule has 0 amide bonds. The van der Waals surface area contributed by atoms with E-state index in [-0.39, 0.29) is 31.2 Å². The highest BCUT2D eigenvalue weighted by Gasteiger charge is 2.56. The zero-order valence-electron chi connectivity index (χ0n) is 12.3. The number of oxazole rings is 1. The van der Waals surface area contributed by atoms with Gasteiger partial charge in [0.2, 0.25) is 0 Å². The molecule has 0 aromatic carbocycles. The first-order valence-electron chi connectivity index (χ1n) is 7.40. The largest absolute Gasteiger partial charge is 0.476 e. The number of alkyl halides is 3. The van der Waals surface area contributed by atoms with Gasteiger partial charge in [0, 0.05) is 31.7 Å². The molecule has 9 heteroatoms. The Balaban J connectivity index is 1.85. The molecule has 1 aromatic heterocycles. The van der Waals surface area contributed by atoms with E-state index < -0.39 is 23.5 Å². The molecule has 2 aliphatic rings. The summed E-state index contributed by atoms with van der Waals surface area (Å²) >= 11 is 0. The number of hydrogen-bond donors (Lipinski definition) is 1. The zero-order valence-corrected chi connectivity index (χ0v) is 12.3. The summed E-state index contributed by atoms with van der Waals surface area (Å²) in [7, 11) is 0. The average Bonchev–Trinajstić information content (AvgIpc) is 2.96. The van der Waals surface area contributed by atoms with Crippen molar-refractivity contribution in [3.8, 4) is 0 Å². The van der Waals surface area contributed by atoms with Crippen LogP contribution in [0.2, 0.25) is 0 Å². The van der Waals surface area contributed by atoms with Gasteiger partial charge in [-0.2, -0.15) is 18.2 Å². The van der Waals surface area contributed by atoms with Gasteiger partial charge in [-0.25, -0.2) is 4.79 Å². The summed E-state index contributed by atoms with van der Waals surface area (Å²) in [5.74, 6) is -2.62. The Labute approximate surface area is 130 Å². The molecular weight excluding hydrogens is 317 g/mol. The van der Waals surface area contributed by atoms with Crippen molar-refractivity contribution in [3.63, 3.8) is 0 Å². The minimum Gasteiger partial charge on any atom is -0.476 e. The van der Waals surface area contributed by atoms with Crippen LogP contribution in [0.3, 0.4) is 0 Å². The second-order valence-electron chi connectivity index (χ2n) is 6.10. The van der Waals surface area contributed by atoms with E-state index in [9.17, 15) is 18.0 Å². The molecule has 1 unspecified atom stereocenters. The minimum atomic E-state index is -4.26. The van der Waals surface area contributed by atoms with Crippen molar-refractivity contribution in [2.24, 2.45) is 11.3 Å². The van der Waals surface area contributed by atoms with Crippen LogP contribution in [0.5, 0.6) is 0 Å². The third kappa shape index (κ3) is 3.01. The van der Waals surface area contributed by atoms with Gasteiger partial charge in [-0.3, -0.25) is 0 Å². The van der Waals surface area contributed by atoms with E-state index in [1.807, 2.05) is 0 Å². The lowest BCUT2D eigenvalue weighted by Gasteiger charge is -2.50. The van der Waals surface area contributed by atoms with Crippen LogP contribution in [-0.4, -0.2) is 48.5 Å². The fraction of sp³-hybridized carbons (Fsp3) is 0.714. The quantitative estimate of drug-likeness (QED) is 0.896. The lowest BCUT2D eigenvalue weighted by atomic mass is 9.66. The summed E-state index contributed by atoms with van der Waals surface area (Å²) in [5.41, 5.74) is -1.19. The highest BCUT2D eigenvalue weighted by molar-refractivity contribution is 5.85. The molecule has 1 atom stereocenters. The number of carboxylic acid groups (broad SMARTS) is 1. The van der Waals surface area contributed by atoms with E-state index in [0.717, 1.165) is 6.26 Å². The first-order chi connectivity index (χ1) is 10.8. The molecule has 1 N–H and O–H groups in total. The number of carboxylic acids is 1. The molecular formula is C14H17F3N2O4. The average molecular weight is 334 g/mol. The molecule has 1 spiro atoms. The Morgan fingerprint density at radius 3 is 2.65 bits per heavy atom. The summed E-state index contributed by atoms with van der Waals surface area (Å²) in [6.45, 7) is 0.866. The molecule has 2 aliphatic heterocycles. The number of aromatic nitrogens is 1. The maximum Gasteiger partial charge on any atom is 0.392 e. The predicted octanol–water partition coefficient (Wildman–Crippen LogP) is 2.56. The first-order valence-corrected chi connectivity index (χ1v) is 7.40. The highest BCUT2D eigenvalue weighted by atomic mass is 19.4. The van der Waals surface area contributed by atoms with Gasteiger partial charge in [0.25, 0.3) is 6.01 Å². The van der Waals surface area contributed by atoms with E-state index in [4.69, 9.17) is 14.3 Å². The first kappa shape index (κ1) is 16.1. The van der Waals surface area contributed by atoms with Gasteiger partial charge in [-0.15, -0.1) is 0 Å². The standard InChI is InChI=1S/C14H17F3N2O4/c15-14(16,17)10-1-4-19(8-13(10)2-5-22-6-3-13)12-18-9(7-23-12)11(20)21/h7,10H,1-6,8H2,(H,20,21). The Morgan fingerprint density at radius 1 is 1.39 bits per heavy atom. The molecule has 0 bridgehead atoms. The fourth-order valence-corrected chi connectivity index (χ4v) is 3.63. The normalized spacial score (nSPS) is 24.8. The lowest BCUT2D eigenvalue weighted by molar-refractivity contribution is -0.223. The molecule has 0 aliphatic carbocycles. The SMILES string of the molecule is O=C(O)c1coc(N2CCC(C(F)(F)F)C3(CCOCC3)C2)n1. The van der Waals surface area contributed by atoms with Crippen LogP contribution in [0.1, 0.15) is 29.8 Å². The summed E-state index contributed by atoms with van der Waals surface area (Å²) in [6, 6.07) is 0.0638. The van der Waals surface area contributed by atoms with Gasteiger partial charge < -0.3 is 19.2 Å². The number of anilines is 1. The van der Waals surface area contributed by atoms with Crippen molar-refractivity contribution < 1.29 is 32.2 Å². The van der Waals surface area contributed by atoms with E-state index >= 15 is 0 Å². The molecule has 3 heterocycles. The van der Waals surface area contributed by atoms with Crippen LogP contribution in [0.15, 0.2) is 10.7 Å². The smallest absolute Gasteiger partial charge is 0.392 e. The molecule has 23 heavy (non-hydrogen) atoms. The summed E-state index contributed by atoms with van der Waals surface area (Å²) < 4.78 is 50.7. The zero-order chi connectivity index (χ0) is 16.7. The van der Waals surface area contributed by atoms with Gasteiger partial charge in [-0.05, 0) is 19.3 Å². The molecule has 0 radical (unpaired) electrons. The van der Waals surface area contributed by atoms with Crippen molar-refractivity contribution in [2.75, 3.05) is 31.2 Å². The van der Waals surface area contributed by atoms with Crippen LogP contribution in [0.25, 0.3) is 0 Å². The number of ether oxygens (including phenoxy) is 1. The molecule has 2 saturated heterocycles. The van der Waals surface area contributed by atoms with Gasteiger partial charge in [0.15, 0.2) is 5.69 Å². The number of halogens is 3. The monoisotopic (exact) mass is 334 g/mol. The number of piperidine rings is 1. The van der Waals surface area contributed by atoms with Crippen LogP contribution in [0, 0.1) is 11.3 Å². The van der Waals surface area contributed by atoms with Gasteiger partial charge in [0.05, 0.1) is 5.92 Å². The van der Waals surface area contributed by atoms with E-state index in [0.29, 0.717) is 26.1 Å². The molecule has 2 fully saturated rings. The molecule has 6 nitrogen and oxygen atoms in total. The van der Waals surface area contributed by atoms with Crippen LogP contribution in [-0.2, 0) is 4.74 Å². The number of hydrogen-bond acceptors (Lipinski definition) is 5. The van der Waals surface area contributed by atoms with E-state index in [1.54, 1.807) is 4.90 Å². The van der Waals surface area contributed by atoms with Gasteiger partial charge >= 0.3 is 12.1 Å². The molecule has 128 valence electrons. The number of carbonyl (C=O) groups is 1. The second kappa shape index (κ2) is 5.70. The maximum absolute atomic E-state index is 13.4. The number of aromatic carboxylic acids is 1. The summed E-state index contributed by atoms with van der Waals surface area (Å²) in [5, 5.41) is 8.88. The Kier molecular flexibility index (Phi) is 3.99. The van der Waals surface area contributed by atoms with Crippen molar-refractivity contribution in [2.45, 2.75) is 25.4 Å². The molecule has 1 aromatic rings. The maximum atomic E-state index is 13.4.